The van der Waals surface area contributed by atoms with Crippen LogP contribution in [-0.4, -0.2) is 35.1 Å². The van der Waals surface area contributed by atoms with Crippen molar-refractivity contribution in [3.8, 4) is 0 Å². The number of ether oxygens (including phenoxy) is 2. The lowest BCUT2D eigenvalue weighted by Gasteiger charge is -2.29. The van der Waals surface area contributed by atoms with E-state index >= 15 is 0 Å². The van der Waals surface area contributed by atoms with Crippen LogP contribution in [0.15, 0.2) is 0 Å². The van der Waals surface area contributed by atoms with E-state index in [1.165, 1.54) is 0 Å². The van der Waals surface area contributed by atoms with Crippen molar-refractivity contribution < 1.29 is 24.2 Å². The van der Waals surface area contributed by atoms with Gasteiger partial charge in [-0.2, -0.15) is 0 Å². The van der Waals surface area contributed by atoms with Crippen LogP contribution in [0.4, 0.5) is 9.59 Å². The van der Waals surface area contributed by atoms with Crippen LogP contribution in [0, 0.1) is 0 Å². The number of carbonyl (C=O) groups excluding carboxylic acids is 1. The first-order valence-electron chi connectivity index (χ1n) is 6.15. The van der Waals surface area contributed by atoms with Gasteiger partial charge in [-0.25, -0.2) is 9.59 Å². The summed E-state index contributed by atoms with van der Waals surface area (Å²) in [5.41, 5.74) is -0.506. The number of nitrogens with one attached hydrogen (secondary N) is 1. The second kappa shape index (κ2) is 5.93. The highest BCUT2D eigenvalue weighted by Gasteiger charge is 2.26. The molecule has 104 valence electrons. The Morgan fingerprint density at radius 2 is 1.72 bits per heavy atom. The van der Waals surface area contributed by atoms with Gasteiger partial charge < -0.3 is 19.9 Å². The molecule has 1 aliphatic carbocycles. The van der Waals surface area contributed by atoms with Crippen molar-refractivity contribution in [2.45, 2.75) is 64.2 Å². The lowest BCUT2D eigenvalue weighted by molar-refractivity contribution is 0.0260. The van der Waals surface area contributed by atoms with E-state index in [0.717, 1.165) is 0 Å². The molecule has 0 aromatic rings. The molecule has 1 rings (SSSR count). The average Bonchev–Trinajstić information content (AvgIpc) is 2.17. The molecule has 6 heteroatoms. The SMILES string of the molecule is CC(C)(C)OC(=O)NC1CCC(OC(=O)O)CC1. The highest BCUT2D eigenvalue weighted by atomic mass is 16.7. The molecule has 1 fully saturated rings. The minimum Gasteiger partial charge on any atom is -0.450 e. The van der Waals surface area contributed by atoms with Gasteiger partial charge in [0.25, 0.3) is 0 Å². The molecule has 0 spiro atoms. The van der Waals surface area contributed by atoms with E-state index in [0.29, 0.717) is 25.7 Å². The zero-order chi connectivity index (χ0) is 13.8. The zero-order valence-electron chi connectivity index (χ0n) is 11.1. The summed E-state index contributed by atoms with van der Waals surface area (Å²) in [5, 5.41) is 11.3. The summed E-state index contributed by atoms with van der Waals surface area (Å²) in [6.07, 6.45) is 0.760. The normalized spacial score (nSPS) is 24.2. The Balaban J connectivity index is 2.27. The Labute approximate surface area is 107 Å². The Morgan fingerprint density at radius 3 is 2.17 bits per heavy atom. The smallest absolute Gasteiger partial charge is 0.450 e. The minimum atomic E-state index is -1.24. The summed E-state index contributed by atoms with van der Waals surface area (Å²) in [4.78, 5) is 21.9. The van der Waals surface area contributed by atoms with Crippen molar-refractivity contribution in [1.82, 2.24) is 5.32 Å². The molecule has 0 aromatic carbocycles. The Hall–Kier alpha value is -1.46. The summed E-state index contributed by atoms with van der Waals surface area (Å²) >= 11 is 0. The number of rotatable bonds is 2. The minimum absolute atomic E-state index is 0.0356. The molecule has 0 atom stereocenters. The molecule has 2 N–H and O–H groups in total. The van der Waals surface area contributed by atoms with Crippen molar-refractivity contribution in [3.05, 3.63) is 0 Å². The van der Waals surface area contributed by atoms with E-state index in [1.54, 1.807) is 0 Å². The molecular weight excluding hydrogens is 238 g/mol. The topological polar surface area (TPSA) is 84.9 Å². The molecule has 0 unspecified atom stereocenters. The molecule has 0 aliphatic heterocycles. The van der Waals surface area contributed by atoms with Gasteiger partial charge in [0.05, 0.1) is 0 Å². The average molecular weight is 259 g/mol. The maximum absolute atomic E-state index is 11.5. The van der Waals surface area contributed by atoms with Gasteiger partial charge in [-0.05, 0) is 46.5 Å². The number of amides is 1. The second-order valence-electron chi connectivity index (χ2n) is 5.50. The molecule has 0 bridgehead atoms. The first-order valence-corrected chi connectivity index (χ1v) is 6.15. The third-order valence-corrected chi connectivity index (χ3v) is 2.66. The van der Waals surface area contributed by atoms with Crippen LogP contribution in [0.2, 0.25) is 0 Å². The highest BCUT2D eigenvalue weighted by molar-refractivity contribution is 5.68. The van der Waals surface area contributed by atoms with Gasteiger partial charge in [0.15, 0.2) is 0 Å². The van der Waals surface area contributed by atoms with Crippen molar-refractivity contribution >= 4 is 12.2 Å². The molecular formula is C12H21NO5. The molecule has 6 nitrogen and oxygen atoms in total. The van der Waals surface area contributed by atoms with Gasteiger partial charge in [-0.15, -0.1) is 0 Å². The molecule has 1 saturated carbocycles. The largest absolute Gasteiger partial charge is 0.506 e. The lowest BCUT2D eigenvalue weighted by Crippen LogP contribution is -2.42. The van der Waals surface area contributed by atoms with Crippen LogP contribution in [0.3, 0.4) is 0 Å². The summed E-state index contributed by atoms with van der Waals surface area (Å²) in [6, 6.07) is 0.0356. The number of carbonyl (C=O) groups is 2. The lowest BCUT2D eigenvalue weighted by atomic mass is 9.93. The van der Waals surface area contributed by atoms with Crippen LogP contribution in [0.25, 0.3) is 0 Å². The van der Waals surface area contributed by atoms with E-state index in [1.807, 2.05) is 20.8 Å². The Kier molecular flexibility index (Phi) is 4.81. The number of alkyl carbamates (subject to hydrolysis) is 1. The molecule has 18 heavy (non-hydrogen) atoms. The fraction of sp³-hybridized carbons (Fsp3) is 0.833. The number of hydrogen-bond donors (Lipinski definition) is 2. The predicted molar refractivity (Wildman–Crippen MR) is 64.5 cm³/mol. The summed E-state index contributed by atoms with van der Waals surface area (Å²) < 4.78 is 9.85. The van der Waals surface area contributed by atoms with Crippen LogP contribution in [0.1, 0.15) is 46.5 Å². The molecule has 1 amide bonds. The van der Waals surface area contributed by atoms with Crippen molar-refractivity contribution in [1.29, 1.82) is 0 Å². The monoisotopic (exact) mass is 259 g/mol. The fourth-order valence-electron chi connectivity index (χ4n) is 1.94. The molecule has 0 heterocycles. The number of hydrogen-bond acceptors (Lipinski definition) is 4. The van der Waals surface area contributed by atoms with Gasteiger partial charge in [0.1, 0.15) is 11.7 Å². The van der Waals surface area contributed by atoms with Gasteiger partial charge in [0, 0.05) is 6.04 Å². The summed E-state index contributed by atoms with van der Waals surface area (Å²) in [6.45, 7) is 5.43. The third kappa shape index (κ3) is 5.75. The van der Waals surface area contributed by atoms with Crippen LogP contribution in [-0.2, 0) is 9.47 Å². The zero-order valence-corrected chi connectivity index (χ0v) is 11.1. The highest BCUT2D eigenvalue weighted by Crippen LogP contribution is 2.21. The van der Waals surface area contributed by atoms with Gasteiger partial charge in [-0.1, -0.05) is 0 Å². The maximum Gasteiger partial charge on any atom is 0.506 e. The quantitative estimate of drug-likeness (QED) is 0.744. The third-order valence-electron chi connectivity index (χ3n) is 2.66. The van der Waals surface area contributed by atoms with E-state index < -0.39 is 17.8 Å². The van der Waals surface area contributed by atoms with Gasteiger partial charge in [-0.3, -0.25) is 0 Å². The van der Waals surface area contributed by atoms with Crippen molar-refractivity contribution in [3.63, 3.8) is 0 Å². The molecule has 0 saturated heterocycles. The van der Waals surface area contributed by atoms with E-state index in [4.69, 9.17) is 14.6 Å². The molecule has 1 aliphatic rings. The summed E-state index contributed by atoms with van der Waals surface area (Å²) in [5.74, 6) is 0. The first kappa shape index (κ1) is 14.6. The summed E-state index contributed by atoms with van der Waals surface area (Å²) in [7, 11) is 0. The second-order valence-corrected chi connectivity index (χ2v) is 5.50. The first-order chi connectivity index (χ1) is 8.26. The molecule has 0 aromatic heterocycles. The molecule has 0 radical (unpaired) electrons. The van der Waals surface area contributed by atoms with Crippen LogP contribution in [0.5, 0.6) is 0 Å². The fourth-order valence-corrected chi connectivity index (χ4v) is 1.94. The van der Waals surface area contributed by atoms with Crippen molar-refractivity contribution in [2.75, 3.05) is 0 Å². The number of carboxylic acid groups (broad SMARTS) is 1. The van der Waals surface area contributed by atoms with E-state index in [2.05, 4.69) is 5.32 Å². The standard InChI is InChI=1S/C12H21NO5/c1-12(2,3)18-10(14)13-8-4-6-9(7-5-8)17-11(15)16/h8-9H,4-7H2,1-3H3,(H,13,14)(H,15,16). The van der Waals surface area contributed by atoms with Crippen molar-refractivity contribution in [2.24, 2.45) is 0 Å². The Bertz CT molecular complexity index is 302. The van der Waals surface area contributed by atoms with Crippen LogP contribution < -0.4 is 5.32 Å². The van der Waals surface area contributed by atoms with Crippen LogP contribution >= 0.6 is 0 Å². The van der Waals surface area contributed by atoms with Gasteiger partial charge >= 0.3 is 12.2 Å². The Morgan fingerprint density at radius 1 is 1.17 bits per heavy atom. The van der Waals surface area contributed by atoms with E-state index in [-0.39, 0.29) is 12.1 Å². The van der Waals surface area contributed by atoms with E-state index in [9.17, 15) is 9.59 Å². The maximum atomic E-state index is 11.5. The van der Waals surface area contributed by atoms with Gasteiger partial charge in [0.2, 0.25) is 0 Å². The predicted octanol–water partition coefficient (Wildman–Crippen LogP) is 2.52.